The predicted octanol–water partition coefficient (Wildman–Crippen LogP) is 1.73. The molecule has 0 saturated carbocycles. The molecule has 0 atom stereocenters. The minimum Gasteiger partial charge on any atom is -0.382 e. The monoisotopic (exact) mass is 171 g/mol. The molecule has 0 aliphatic carbocycles. The van der Waals surface area contributed by atoms with Gasteiger partial charge in [0, 0.05) is 5.56 Å². The molecule has 0 unspecified atom stereocenters. The molecule has 3 nitrogen and oxygen atoms in total. The standard InChI is InChI=1S/C10H9N3/c11-10-7-12-6-9(13-10)8-4-2-1-3-5-8/h1-7H,(H2,11,13). The van der Waals surface area contributed by atoms with E-state index in [2.05, 4.69) is 9.97 Å². The highest BCUT2D eigenvalue weighted by Crippen LogP contribution is 2.15. The summed E-state index contributed by atoms with van der Waals surface area (Å²) in [4.78, 5) is 8.13. The number of hydrogen-bond acceptors (Lipinski definition) is 3. The van der Waals surface area contributed by atoms with Gasteiger partial charge in [-0.15, -0.1) is 0 Å². The average Bonchev–Trinajstić information content (AvgIpc) is 2.19. The van der Waals surface area contributed by atoms with E-state index in [0.29, 0.717) is 5.82 Å². The van der Waals surface area contributed by atoms with E-state index in [1.54, 1.807) is 6.20 Å². The molecular formula is C10H9N3. The van der Waals surface area contributed by atoms with Crippen LogP contribution in [0.1, 0.15) is 0 Å². The molecule has 13 heavy (non-hydrogen) atoms. The Morgan fingerprint density at radius 1 is 1.00 bits per heavy atom. The van der Waals surface area contributed by atoms with Gasteiger partial charge in [-0.2, -0.15) is 0 Å². The van der Waals surface area contributed by atoms with Gasteiger partial charge >= 0.3 is 0 Å². The molecular weight excluding hydrogens is 162 g/mol. The summed E-state index contributed by atoms with van der Waals surface area (Å²) in [6.07, 6.45) is 3.23. The topological polar surface area (TPSA) is 51.8 Å². The smallest absolute Gasteiger partial charge is 0.142 e. The molecule has 0 aliphatic heterocycles. The van der Waals surface area contributed by atoms with Crippen molar-refractivity contribution < 1.29 is 0 Å². The summed E-state index contributed by atoms with van der Waals surface area (Å²) in [5, 5.41) is 0. The molecule has 64 valence electrons. The molecule has 1 heterocycles. The Morgan fingerprint density at radius 2 is 1.77 bits per heavy atom. The van der Waals surface area contributed by atoms with E-state index < -0.39 is 0 Å². The Hall–Kier alpha value is -1.90. The Bertz CT molecular complexity index is 398. The van der Waals surface area contributed by atoms with Gasteiger partial charge in [-0.1, -0.05) is 30.3 Å². The van der Waals surface area contributed by atoms with Crippen LogP contribution < -0.4 is 5.73 Å². The quantitative estimate of drug-likeness (QED) is 0.710. The fourth-order valence-electron chi connectivity index (χ4n) is 1.13. The van der Waals surface area contributed by atoms with Gasteiger partial charge in [0.15, 0.2) is 0 Å². The van der Waals surface area contributed by atoms with E-state index in [4.69, 9.17) is 5.73 Å². The van der Waals surface area contributed by atoms with Crippen LogP contribution in [-0.4, -0.2) is 9.97 Å². The third-order valence-corrected chi connectivity index (χ3v) is 1.72. The first-order valence-electron chi connectivity index (χ1n) is 3.99. The second-order valence-electron chi connectivity index (χ2n) is 2.70. The molecule has 2 N–H and O–H groups in total. The summed E-state index contributed by atoms with van der Waals surface area (Å²) < 4.78 is 0. The first-order chi connectivity index (χ1) is 6.36. The molecule has 0 radical (unpaired) electrons. The predicted molar refractivity (Wildman–Crippen MR) is 51.9 cm³/mol. The molecule has 0 amide bonds. The number of aromatic nitrogens is 2. The van der Waals surface area contributed by atoms with Crippen LogP contribution in [0.25, 0.3) is 11.3 Å². The van der Waals surface area contributed by atoms with Gasteiger partial charge in [0.1, 0.15) is 5.82 Å². The number of anilines is 1. The van der Waals surface area contributed by atoms with Crippen molar-refractivity contribution in [3.63, 3.8) is 0 Å². The summed E-state index contributed by atoms with van der Waals surface area (Å²) in [5.41, 5.74) is 7.36. The lowest BCUT2D eigenvalue weighted by molar-refractivity contribution is 1.22. The van der Waals surface area contributed by atoms with E-state index in [1.807, 2.05) is 30.3 Å². The zero-order valence-corrected chi connectivity index (χ0v) is 7.01. The molecule has 2 rings (SSSR count). The van der Waals surface area contributed by atoms with E-state index in [0.717, 1.165) is 11.3 Å². The SMILES string of the molecule is Nc1cncc(-c2ccccc2)n1. The highest BCUT2D eigenvalue weighted by atomic mass is 14.9. The van der Waals surface area contributed by atoms with Crippen molar-refractivity contribution in [3.05, 3.63) is 42.7 Å². The molecule has 0 aliphatic rings. The van der Waals surface area contributed by atoms with Crippen LogP contribution in [0, 0.1) is 0 Å². The summed E-state index contributed by atoms with van der Waals surface area (Å²) in [6.45, 7) is 0. The fraction of sp³-hybridized carbons (Fsp3) is 0. The van der Waals surface area contributed by atoms with Gasteiger partial charge in [0.05, 0.1) is 18.1 Å². The second kappa shape index (κ2) is 3.23. The molecule has 0 spiro atoms. The Balaban J connectivity index is 2.48. The normalized spacial score (nSPS) is 9.85. The average molecular weight is 171 g/mol. The summed E-state index contributed by atoms with van der Waals surface area (Å²) in [6, 6.07) is 9.83. The van der Waals surface area contributed by atoms with E-state index >= 15 is 0 Å². The molecule has 0 saturated heterocycles. The molecule has 0 fully saturated rings. The van der Waals surface area contributed by atoms with Gasteiger partial charge in [-0.3, -0.25) is 4.98 Å². The Kier molecular flexibility index (Phi) is 1.92. The first kappa shape index (κ1) is 7.73. The van der Waals surface area contributed by atoms with E-state index in [1.165, 1.54) is 6.20 Å². The Labute approximate surface area is 76.3 Å². The van der Waals surface area contributed by atoms with Crippen molar-refractivity contribution in [2.45, 2.75) is 0 Å². The van der Waals surface area contributed by atoms with Crippen molar-refractivity contribution in [1.82, 2.24) is 9.97 Å². The van der Waals surface area contributed by atoms with Crippen LogP contribution in [0.4, 0.5) is 5.82 Å². The fourth-order valence-corrected chi connectivity index (χ4v) is 1.13. The maximum absolute atomic E-state index is 5.52. The highest BCUT2D eigenvalue weighted by molar-refractivity contribution is 5.58. The van der Waals surface area contributed by atoms with Crippen molar-refractivity contribution in [1.29, 1.82) is 0 Å². The maximum Gasteiger partial charge on any atom is 0.142 e. The number of benzene rings is 1. The van der Waals surface area contributed by atoms with Gasteiger partial charge in [0.2, 0.25) is 0 Å². The third-order valence-electron chi connectivity index (χ3n) is 1.72. The van der Waals surface area contributed by atoms with Crippen molar-refractivity contribution in [2.75, 3.05) is 5.73 Å². The minimum absolute atomic E-state index is 0.446. The van der Waals surface area contributed by atoms with Gasteiger partial charge in [-0.05, 0) is 0 Å². The van der Waals surface area contributed by atoms with Crippen LogP contribution in [0.15, 0.2) is 42.7 Å². The zero-order valence-electron chi connectivity index (χ0n) is 7.01. The number of nitrogens with zero attached hydrogens (tertiary/aromatic N) is 2. The highest BCUT2D eigenvalue weighted by Gasteiger charge is 1.97. The van der Waals surface area contributed by atoms with Crippen LogP contribution >= 0.6 is 0 Å². The third kappa shape index (κ3) is 1.64. The van der Waals surface area contributed by atoms with Crippen LogP contribution in [0.5, 0.6) is 0 Å². The lowest BCUT2D eigenvalue weighted by Crippen LogP contribution is -1.93. The number of hydrogen-bond donors (Lipinski definition) is 1. The zero-order chi connectivity index (χ0) is 9.10. The van der Waals surface area contributed by atoms with E-state index in [9.17, 15) is 0 Å². The Morgan fingerprint density at radius 3 is 2.46 bits per heavy atom. The largest absolute Gasteiger partial charge is 0.382 e. The molecule has 1 aromatic carbocycles. The van der Waals surface area contributed by atoms with Crippen LogP contribution in [-0.2, 0) is 0 Å². The molecule has 0 bridgehead atoms. The van der Waals surface area contributed by atoms with Crippen molar-refractivity contribution >= 4 is 5.82 Å². The maximum atomic E-state index is 5.52. The van der Waals surface area contributed by atoms with Gasteiger partial charge < -0.3 is 5.73 Å². The van der Waals surface area contributed by atoms with Crippen LogP contribution in [0.3, 0.4) is 0 Å². The first-order valence-corrected chi connectivity index (χ1v) is 3.99. The van der Waals surface area contributed by atoms with Gasteiger partial charge in [-0.25, -0.2) is 4.98 Å². The van der Waals surface area contributed by atoms with E-state index in [-0.39, 0.29) is 0 Å². The summed E-state index contributed by atoms with van der Waals surface area (Å²) in [7, 11) is 0. The molecule has 2 aromatic rings. The van der Waals surface area contributed by atoms with Crippen molar-refractivity contribution in [2.24, 2.45) is 0 Å². The van der Waals surface area contributed by atoms with Gasteiger partial charge in [0.25, 0.3) is 0 Å². The molecule has 1 aromatic heterocycles. The van der Waals surface area contributed by atoms with Crippen molar-refractivity contribution in [3.8, 4) is 11.3 Å². The summed E-state index contributed by atoms with van der Waals surface area (Å²) >= 11 is 0. The lowest BCUT2D eigenvalue weighted by Gasteiger charge is -1.99. The van der Waals surface area contributed by atoms with Crippen LogP contribution in [0.2, 0.25) is 0 Å². The number of rotatable bonds is 1. The molecule has 3 heteroatoms. The number of nitrogen functional groups attached to an aromatic ring is 1. The minimum atomic E-state index is 0.446. The number of nitrogens with two attached hydrogens (primary N) is 1. The second-order valence-corrected chi connectivity index (χ2v) is 2.70. The summed E-state index contributed by atoms with van der Waals surface area (Å²) in [5.74, 6) is 0.446. The lowest BCUT2D eigenvalue weighted by atomic mass is 10.2.